The zero-order valence-electron chi connectivity index (χ0n) is 18.3. The number of hydrogen-bond acceptors (Lipinski definition) is 5. The first-order valence-electron chi connectivity index (χ1n) is 11.1. The third kappa shape index (κ3) is 4.95. The van der Waals surface area contributed by atoms with Gasteiger partial charge in [-0.1, -0.05) is 32.3 Å². The third-order valence-corrected chi connectivity index (χ3v) is 6.33. The van der Waals surface area contributed by atoms with E-state index in [2.05, 4.69) is 10.6 Å². The maximum atomic E-state index is 13.3. The van der Waals surface area contributed by atoms with Gasteiger partial charge in [0.05, 0.1) is 23.9 Å². The molecule has 2 aliphatic rings. The van der Waals surface area contributed by atoms with Crippen LogP contribution >= 0.6 is 0 Å². The Balaban J connectivity index is 1.96. The highest BCUT2D eigenvalue weighted by molar-refractivity contribution is 6.02. The maximum absolute atomic E-state index is 13.3. The molecule has 1 aromatic rings. The molecule has 1 saturated carbocycles. The lowest BCUT2D eigenvalue weighted by Crippen LogP contribution is -2.49. The minimum atomic E-state index is -0.304. The van der Waals surface area contributed by atoms with Crippen LogP contribution < -0.4 is 15.4 Å². The first kappa shape index (κ1) is 22.6. The van der Waals surface area contributed by atoms with Crippen molar-refractivity contribution in [1.82, 2.24) is 10.2 Å². The molecule has 0 radical (unpaired) electrons. The van der Waals surface area contributed by atoms with Crippen molar-refractivity contribution in [3.8, 4) is 5.75 Å². The van der Waals surface area contributed by atoms with E-state index in [1.54, 1.807) is 23.1 Å². The summed E-state index contributed by atoms with van der Waals surface area (Å²) in [5.74, 6) is 0.297. The van der Waals surface area contributed by atoms with Gasteiger partial charge in [-0.3, -0.25) is 9.59 Å². The Hall–Kier alpha value is -2.12. The highest BCUT2D eigenvalue weighted by atomic mass is 16.5. The molecule has 1 fully saturated rings. The van der Waals surface area contributed by atoms with Crippen molar-refractivity contribution in [1.29, 1.82) is 0 Å². The van der Waals surface area contributed by atoms with Crippen molar-refractivity contribution in [2.45, 2.75) is 58.1 Å². The van der Waals surface area contributed by atoms with Gasteiger partial charge in [-0.2, -0.15) is 0 Å². The molecule has 7 nitrogen and oxygen atoms in total. The summed E-state index contributed by atoms with van der Waals surface area (Å²) in [5.41, 5.74) is 0.966. The molecule has 1 aromatic carbocycles. The number of benzene rings is 1. The molecule has 3 rings (SSSR count). The van der Waals surface area contributed by atoms with Crippen LogP contribution in [0.4, 0.5) is 5.69 Å². The molecule has 0 saturated heterocycles. The van der Waals surface area contributed by atoms with Gasteiger partial charge < -0.3 is 25.4 Å². The third-order valence-electron chi connectivity index (χ3n) is 6.33. The van der Waals surface area contributed by atoms with Crippen LogP contribution in [0, 0.1) is 11.8 Å². The number of anilines is 1. The van der Waals surface area contributed by atoms with E-state index >= 15 is 0 Å². The van der Waals surface area contributed by atoms with Crippen molar-refractivity contribution < 1.29 is 19.4 Å². The van der Waals surface area contributed by atoms with E-state index in [0.717, 1.165) is 25.7 Å². The fourth-order valence-corrected chi connectivity index (χ4v) is 4.39. The van der Waals surface area contributed by atoms with Gasteiger partial charge in [-0.25, -0.2) is 0 Å². The second kappa shape index (κ2) is 10.3. The minimum Gasteiger partial charge on any atom is -0.486 e. The first-order valence-corrected chi connectivity index (χ1v) is 11.1. The number of fused-ring (bicyclic) bond motifs is 1. The molecule has 1 heterocycles. The van der Waals surface area contributed by atoms with Gasteiger partial charge in [-0.15, -0.1) is 0 Å². The van der Waals surface area contributed by atoms with Crippen molar-refractivity contribution in [2.75, 3.05) is 32.1 Å². The molecule has 3 atom stereocenters. The monoisotopic (exact) mass is 417 g/mol. The zero-order valence-corrected chi connectivity index (χ0v) is 18.3. The lowest BCUT2D eigenvalue weighted by molar-refractivity contribution is -0.120. The molecule has 1 aliphatic carbocycles. The summed E-state index contributed by atoms with van der Waals surface area (Å²) >= 11 is 0. The number of hydrogen-bond donors (Lipinski definition) is 3. The van der Waals surface area contributed by atoms with Gasteiger partial charge in [0.2, 0.25) is 5.91 Å². The maximum Gasteiger partial charge on any atom is 0.258 e. The summed E-state index contributed by atoms with van der Waals surface area (Å²) in [6, 6.07) is 5.00. The van der Waals surface area contributed by atoms with Crippen LogP contribution in [0.1, 0.15) is 56.3 Å². The predicted molar refractivity (Wildman–Crippen MR) is 117 cm³/mol. The number of para-hydroxylation sites is 1. The van der Waals surface area contributed by atoms with Gasteiger partial charge in [-0.05, 0) is 38.9 Å². The quantitative estimate of drug-likeness (QED) is 0.662. The van der Waals surface area contributed by atoms with E-state index < -0.39 is 0 Å². The number of aliphatic hydroxyl groups excluding tert-OH is 1. The van der Waals surface area contributed by atoms with Gasteiger partial charge in [0.25, 0.3) is 5.91 Å². The van der Waals surface area contributed by atoms with Crippen LogP contribution in [0.2, 0.25) is 0 Å². The number of ether oxygens (including phenoxy) is 1. The molecule has 3 N–H and O–H groups in total. The average molecular weight is 418 g/mol. The summed E-state index contributed by atoms with van der Waals surface area (Å²) in [7, 11) is 1.87. The first-order chi connectivity index (χ1) is 14.5. The molecule has 166 valence electrons. The molecule has 0 spiro atoms. The Morgan fingerprint density at radius 2 is 2.03 bits per heavy atom. The van der Waals surface area contributed by atoms with E-state index in [9.17, 15) is 14.7 Å². The number of likely N-dealkylation sites (N-methyl/N-ethyl adjacent to an activating group) is 1. The Morgan fingerprint density at radius 3 is 2.70 bits per heavy atom. The van der Waals surface area contributed by atoms with E-state index in [-0.39, 0.29) is 42.4 Å². The summed E-state index contributed by atoms with van der Waals surface area (Å²) in [6.07, 6.45) is 4.97. The molecule has 0 unspecified atom stereocenters. The highest BCUT2D eigenvalue weighted by Gasteiger charge is 2.34. The number of nitrogens with zero attached hydrogens (tertiary/aromatic N) is 1. The fraction of sp³-hybridized carbons (Fsp3) is 0.652. The van der Waals surface area contributed by atoms with Gasteiger partial charge in [0, 0.05) is 24.9 Å². The Bertz CT molecular complexity index is 748. The normalized spacial score (nSPS) is 23.7. The number of aliphatic hydroxyl groups is 1. The summed E-state index contributed by atoms with van der Waals surface area (Å²) in [5, 5.41) is 15.9. The van der Waals surface area contributed by atoms with Crippen LogP contribution in [0.5, 0.6) is 5.75 Å². The van der Waals surface area contributed by atoms with Crippen LogP contribution in [-0.4, -0.2) is 60.7 Å². The number of amides is 2. The molecule has 0 aromatic heterocycles. The average Bonchev–Trinajstić information content (AvgIpc) is 2.76. The standard InChI is InChI=1S/C23H35N3O4/c1-15-13-26(16(2)14-27)23(29)18-10-7-11-19(21(18)30-20(15)12-24-3)25-22(28)17-8-5-4-6-9-17/h7,10-11,15-17,20,24,27H,4-6,8-9,12-14H2,1-3H3,(H,25,28)/t15-,16+,20-/m0/s1. The Kier molecular flexibility index (Phi) is 7.72. The number of nitrogens with one attached hydrogen (secondary N) is 2. The molecule has 1 aliphatic heterocycles. The number of carbonyl (C=O) groups excluding carboxylic acids is 2. The molecule has 0 bridgehead atoms. The highest BCUT2D eigenvalue weighted by Crippen LogP contribution is 2.35. The smallest absolute Gasteiger partial charge is 0.258 e. The van der Waals surface area contributed by atoms with E-state index in [1.807, 2.05) is 20.9 Å². The van der Waals surface area contributed by atoms with Crippen molar-refractivity contribution in [3.05, 3.63) is 23.8 Å². The summed E-state index contributed by atoms with van der Waals surface area (Å²) < 4.78 is 6.35. The Labute approximate surface area is 179 Å². The molecular formula is C23H35N3O4. The second-order valence-electron chi connectivity index (χ2n) is 8.69. The SMILES string of the molecule is CNC[C@@H]1Oc2c(NC(=O)C3CCCCC3)cccc2C(=O)N([C@H](C)CO)C[C@@H]1C. The van der Waals surface area contributed by atoms with E-state index in [1.165, 1.54) is 6.42 Å². The van der Waals surface area contributed by atoms with Crippen LogP contribution in [0.15, 0.2) is 18.2 Å². The molecule has 30 heavy (non-hydrogen) atoms. The van der Waals surface area contributed by atoms with E-state index in [4.69, 9.17) is 4.74 Å². The Morgan fingerprint density at radius 1 is 1.30 bits per heavy atom. The summed E-state index contributed by atoms with van der Waals surface area (Å²) in [4.78, 5) is 27.9. The van der Waals surface area contributed by atoms with Gasteiger partial charge >= 0.3 is 0 Å². The minimum absolute atomic E-state index is 0.00000535. The van der Waals surface area contributed by atoms with Crippen LogP contribution in [-0.2, 0) is 4.79 Å². The van der Waals surface area contributed by atoms with Crippen LogP contribution in [0.25, 0.3) is 0 Å². The number of carbonyl (C=O) groups is 2. The topological polar surface area (TPSA) is 90.9 Å². The van der Waals surface area contributed by atoms with Crippen LogP contribution in [0.3, 0.4) is 0 Å². The lowest BCUT2D eigenvalue weighted by Gasteiger charge is -2.37. The lowest BCUT2D eigenvalue weighted by atomic mass is 9.88. The molecule has 2 amide bonds. The van der Waals surface area contributed by atoms with Crippen molar-refractivity contribution in [2.24, 2.45) is 11.8 Å². The number of rotatable bonds is 6. The summed E-state index contributed by atoms with van der Waals surface area (Å²) in [6.45, 7) is 4.88. The molecular weight excluding hydrogens is 382 g/mol. The zero-order chi connectivity index (χ0) is 21.7. The fourth-order valence-electron chi connectivity index (χ4n) is 4.39. The van der Waals surface area contributed by atoms with E-state index in [0.29, 0.717) is 30.1 Å². The molecule has 7 heteroatoms. The van der Waals surface area contributed by atoms with Gasteiger partial charge in [0.1, 0.15) is 6.10 Å². The van der Waals surface area contributed by atoms with Gasteiger partial charge in [0.15, 0.2) is 5.75 Å². The van der Waals surface area contributed by atoms with Crippen molar-refractivity contribution >= 4 is 17.5 Å². The predicted octanol–water partition coefficient (Wildman–Crippen LogP) is 2.64. The second-order valence-corrected chi connectivity index (χ2v) is 8.69. The largest absolute Gasteiger partial charge is 0.486 e. The van der Waals surface area contributed by atoms with Crippen molar-refractivity contribution in [3.63, 3.8) is 0 Å².